The minimum atomic E-state index is -0.0997. The molecule has 0 unspecified atom stereocenters. The Morgan fingerprint density at radius 2 is 1.79 bits per heavy atom. The van der Waals surface area contributed by atoms with Gasteiger partial charge in [0.2, 0.25) is 11.9 Å². The number of anilines is 4. The van der Waals surface area contributed by atoms with Crippen LogP contribution in [0.25, 0.3) is 11.4 Å². The molecule has 3 aromatic rings. The maximum Gasteiger partial charge on any atom is 0.225 e. The van der Waals surface area contributed by atoms with Crippen LogP contribution in [-0.2, 0) is 4.79 Å². The third-order valence-corrected chi connectivity index (χ3v) is 4.12. The molecule has 7 nitrogen and oxygen atoms in total. The number of hydrogen-bond donors (Lipinski definition) is 3. The highest BCUT2D eigenvalue weighted by atomic mass is 16.1. The van der Waals surface area contributed by atoms with Gasteiger partial charge in [-0.1, -0.05) is 13.0 Å². The van der Waals surface area contributed by atoms with Crippen LogP contribution in [-0.4, -0.2) is 26.9 Å². The number of carbonyl (C=O) groups is 1. The van der Waals surface area contributed by atoms with Crippen LogP contribution in [0.15, 0.2) is 54.7 Å². The molecule has 28 heavy (non-hydrogen) atoms. The quantitative estimate of drug-likeness (QED) is 0.564. The molecule has 3 N–H and O–H groups in total. The molecule has 0 aliphatic carbocycles. The summed E-state index contributed by atoms with van der Waals surface area (Å²) in [4.78, 5) is 24.7. The number of benzene rings is 1. The maximum atomic E-state index is 11.2. The van der Waals surface area contributed by atoms with Gasteiger partial charge in [-0.05, 0) is 49.7 Å². The minimum Gasteiger partial charge on any atom is -0.352 e. The van der Waals surface area contributed by atoms with Gasteiger partial charge in [0, 0.05) is 36.6 Å². The second-order valence-corrected chi connectivity index (χ2v) is 6.51. The summed E-state index contributed by atoms with van der Waals surface area (Å²) in [6.07, 6.45) is 2.71. The van der Waals surface area contributed by atoms with Gasteiger partial charge >= 0.3 is 0 Å². The molecular weight excluding hydrogens is 352 g/mol. The van der Waals surface area contributed by atoms with E-state index < -0.39 is 0 Å². The summed E-state index contributed by atoms with van der Waals surface area (Å²) >= 11 is 0. The van der Waals surface area contributed by atoms with Crippen LogP contribution in [0.3, 0.4) is 0 Å². The van der Waals surface area contributed by atoms with E-state index in [2.05, 4.69) is 44.7 Å². The van der Waals surface area contributed by atoms with Crippen molar-refractivity contribution < 1.29 is 4.79 Å². The highest BCUT2D eigenvalue weighted by molar-refractivity contribution is 5.88. The first-order valence-electron chi connectivity index (χ1n) is 9.25. The molecular formula is C21H24N6O. The Balaban J connectivity index is 1.88. The van der Waals surface area contributed by atoms with Gasteiger partial charge < -0.3 is 16.0 Å². The van der Waals surface area contributed by atoms with Crippen molar-refractivity contribution in [1.82, 2.24) is 15.0 Å². The highest BCUT2D eigenvalue weighted by Crippen LogP contribution is 2.23. The van der Waals surface area contributed by atoms with E-state index in [1.807, 2.05) is 48.5 Å². The predicted octanol–water partition coefficient (Wildman–Crippen LogP) is 4.45. The summed E-state index contributed by atoms with van der Waals surface area (Å²) in [7, 11) is 0. The first-order valence-corrected chi connectivity index (χ1v) is 9.25. The van der Waals surface area contributed by atoms with E-state index in [0.29, 0.717) is 11.8 Å². The van der Waals surface area contributed by atoms with E-state index in [9.17, 15) is 4.79 Å². The van der Waals surface area contributed by atoms with Gasteiger partial charge in [-0.25, -0.2) is 4.98 Å². The fourth-order valence-electron chi connectivity index (χ4n) is 2.53. The number of pyridine rings is 1. The van der Waals surface area contributed by atoms with Gasteiger partial charge in [-0.15, -0.1) is 0 Å². The largest absolute Gasteiger partial charge is 0.352 e. The summed E-state index contributed by atoms with van der Waals surface area (Å²) < 4.78 is 0. The summed E-state index contributed by atoms with van der Waals surface area (Å²) in [6.45, 7) is 5.68. The van der Waals surface area contributed by atoms with Gasteiger partial charge in [-0.2, -0.15) is 4.98 Å². The molecule has 2 heterocycles. The highest BCUT2D eigenvalue weighted by Gasteiger charge is 2.10. The second-order valence-electron chi connectivity index (χ2n) is 6.51. The maximum absolute atomic E-state index is 11.2. The van der Waals surface area contributed by atoms with Crippen LogP contribution in [0.2, 0.25) is 0 Å². The van der Waals surface area contributed by atoms with E-state index in [-0.39, 0.29) is 11.9 Å². The molecule has 1 atom stereocenters. The third kappa shape index (κ3) is 5.26. The van der Waals surface area contributed by atoms with Crippen molar-refractivity contribution in [3.63, 3.8) is 0 Å². The number of hydrogen-bond acceptors (Lipinski definition) is 6. The zero-order valence-electron chi connectivity index (χ0n) is 16.2. The van der Waals surface area contributed by atoms with Gasteiger partial charge in [0.1, 0.15) is 5.82 Å². The molecule has 1 aromatic carbocycles. The van der Waals surface area contributed by atoms with Crippen LogP contribution in [0.5, 0.6) is 0 Å². The molecule has 7 heteroatoms. The number of amides is 1. The van der Waals surface area contributed by atoms with Crippen molar-refractivity contribution in [1.29, 1.82) is 0 Å². The Kier molecular flexibility index (Phi) is 6.16. The number of nitrogens with zero attached hydrogens (tertiary/aromatic N) is 3. The molecule has 0 fully saturated rings. The lowest BCUT2D eigenvalue weighted by Crippen LogP contribution is -2.16. The molecule has 0 aliphatic rings. The van der Waals surface area contributed by atoms with Crippen molar-refractivity contribution in [3.8, 4) is 11.4 Å². The Morgan fingerprint density at radius 3 is 2.43 bits per heavy atom. The van der Waals surface area contributed by atoms with Crippen molar-refractivity contribution in [2.24, 2.45) is 0 Å². The number of rotatable bonds is 7. The first kappa shape index (κ1) is 19.3. The zero-order chi connectivity index (χ0) is 19.9. The number of carbonyl (C=O) groups excluding carboxylic acids is 1. The van der Waals surface area contributed by atoms with Crippen molar-refractivity contribution in [3.05, 3.63) is 54.7 Å². The van der Waals surface area contributed by atoms with Gasteiger partial charge in [0.05, 0.1) is 11.4 Å². The Hall–Kier alpha value is -3.48. The van der Waals surface area contributed by atoms with Crippen LogP contribution in [0.1, 0.15) is 27.2 Å². The average Bonchev–Trinajstić information content (AvgIpc) is 2.69. The van der Waals surface area contributed by atoms with Crippen molar-refractivity contribution in [2.75, 3.05) is 16.0 Å². The molecule has 3 rings (SSSR count). The molecule has 1 amide bonds. The number of nitrogens with one attached hydrogen (secondary N) is 3. The smallest absolute Gasteiger partial charge is 0.225 e. The molecule has 0 bridgehead atoms. The predicted molar refractivity (Wildman–Crippen MR) is 113 cm³/mol. The lowest BCUT2D eigenvalue weighted by molar-refractivity contribution is -0.114. The summed E-state index contributed by atoms with van der Waals surface area (Å²) in [5.74, 6) is 1.11. The molecule has 144 valence electrons. The SMILES string of the molecule is CC[C@@H](C)Nc1nc(Nc2ccc(NC(C)=O)cc2)cc(-c2ccccn2)n1. The van der Waals surface area contributed by atoms with Crippen LogP contribution < -0.4 is 16.0 Å². The Bertz CT molecular complexity index is 927. The van der Waals surface area contributed by atoms with E-state index in [1.165, 1.54) is 6.92 Å². The fraction of sp³-hybridized carbons (Fsp3) is 0.238. The second kappa shape index (κ2) is 8.94. The van der Waals surface area contributed by atoms with Crippen molar-refractivity contribution in [2.45, 2.75) is 33.2 Å². The molecule has 0 spiro atoms. The van der Waals surface area contributed by atoms with E-state index in [1.54, 1.807) is 6.20 Å². The van der Waals surface area contributed by atoms with E-state index >= 15 is 0 Å². The lowest BCUT2D eigenvalue weighted by Gasteiger charge is -2.14. The summed E-state index contributed by atoms with van der Waals surface area (Å²) in [6, 6.07) is 15.3. The zero-order valence-corrected chi connectivity index (χ0v) is 16.2. The van der Waals surface area contributed by atoms with Gasteiger partial charge in [0.25, 0.3) is 0 Å². The first-order chi connectivity index (χ1) is 13.5. The van der Waals surface area contributed by atoms with Crippen LogP contribution in [0, 0.1) is 0 Å². The molecule has 0 aliphatic heterocycles. The van der Waals surface area contributed by atoms with Crippen LogP contribution >= 0.6 is 0 Å². The van der Waals surface area contributed by atoms with E-state index in [0.717, 1.165) is 29.2 Å². The van der Waals surface area contributed by atoms with Crippen LogP contribution in [0.4, 0.5) is 23.1 Å². The van der Waals surface area contributed by atoms with Gasteiger partial charge in [0.15, 0.2) is 0 Å². The monoisotopic (exact) mass is 376 g/mol. The molecule has 0 saturated carbocycles. The van der Waals surface area contributed by atoms with E-state index in [4.69, 9.17) is 0 Å². The molecule has 0 saturated heterocycles. The summed E-state index contributed by atoms with van der Waals surface area (Å²) in [5.41, 5.74) is 3.11. The molecule has 0 radical (unpaired) electrons. The Morgan fingerprint density at radius 1 is 1.04 bits per heavy atom. The van der Waals surface area contributed by atoms with Gasteiger partial charge in [-0.3, -0.25) is 9.78 Å². The normalized spacial score (nSPS) is 11.5. The average molecular weight is 376 g/mol. The lowest BCUT2D eigenvalue weighted by atomic mass is 10.2. The molecule has 2 aromatic heterocycles. The third-order valence-electron chi connectivity index (χ3n) is 4.12. The topological polar surface area (TPSA) is 91.8 Å². The standard InChI is InChI=1S/C21H24N6O/c1-4-14(2)23-21-26-19(18-7-5-6-12-22-18)13-20(27-21)25-17-10-8-16(9-11-17)24-15(3)28/h5-14H,4H2,1-3H3,(H,24,28)(H2,23,25,26,27)/t14-/m1/s1. The summed E-state index contributed by atoms with van der Waals surface area (Å²) in [5, 5.41) is 9.37. The Labute approximate surface area is 164 Å². The fourth-order valence-corrected chi connectivity index (χ4v) is 2.53. The number of aromatic nitrogens is 3. The van der Waals surface area contributed by atoms with Crippen molar-refractivity contribution >= 4 is 29.0 Å². The minimum absolute atomic E-state index is 0.0997.